The Labute approximate surface area is 138 Å². The number of carbonyl (C=O) groups is 1. The maximum atomic E-state index is 12.0. The Hall–Kier alpha value is -1.75. The van der Waals surface area contributed by atoms with Crippen molar-refractivity contribution in [3.05, 3.63) is 23.8 Å². The molecule has 23 heavy (non-hydrogen) atoms. The third kappa shape index (κ3) is 5.75. The van der Waals surface area contributed by atoms with Crippen LogP contribution in [-0.2, 0) is 11.2 Å². The summed E-state index contributed by atoms with van der Waals surface area (Å²) in [5.41, 5.74) is 1.35. The molecular formula is C18H28N2O3. The summed E-state index contributed by atoms with van der Waals surface area (Å²) in [5.74, 6) is 1.34. The number of nitrogens with one attached hydrogen (secondary N) is 2. The van der Waals surface area contributed by atoms with Crippen molar-refractivity contribution in [3.63, 3.8) is 0 Å². The summed E-state index contributed by atoms with van der Waals surface area (Å²) < 4.78 is 10.7. The largest absolute Gasteiger partial charge is 0.495 e. The summed E-state index contributed by atoms with van der Waals surface area (Å²) in [5, 5.41) is 6.18. The molecular weight excluding hydrogens is 292 g/mol. The fourth-order valence-corrected chi connectivity index (χ4v) is 2.81. The number of piperidine rings is 1. The van der Waals surface area contributed by atoms with Gasteiger partial charge in [-0.15, -0.1) is 0 Å². The van der Waals surface area contributed by atoms with Crippen molar-refractivity contribution in [3.8, 4) is 5.75 Å². The van der Waals surface area contributed by atoms with E-state index in [2.05, 4.69) is 16.7 Å². The minimum atomic E-state index is -0.524. The molecule has 5 nitrogen and oxygen atoms in total. The SMILES string of the molecule is COc1ccc(CC2CCNCC2)cc1NC(=O)OC(C)(C)C. The molecule has 2 rings (SSSR count). The first-order valence-corrected chi connectivity index (χ1v) is 8.25. The first kappa shape index (κ1) is 17.6. The molecule has 1 aliphatic heterocycles. The molecule has 1 heterocycles. The number of ether oxygens (including phenoxy) is 2. The number of anilines is 1. The maximum absolute atomic E-state index is 12.0. The molecule has 0 spiro atoms. The highest BCUT2D eigenvalue weighted by atomic mass is 16.6. The number of amides is 1. The Morgan fingerprint density at radius 3 is 2.61 bits per heavy atom. The third-order valence-electron chi connectivity index (χ3n) is 3.88. The van der Waals surface area contributed by atoms with Gasteiger partial charge in [0.1, 0.15) is 11.4 Å². The molecule has 1 aliphatic rings. The lowest BCUT2D eigenvalue weighted by Crippen LogP contribution is -2.28. The molecule has 0 aliphatic carbocycles. The van der Waals surface area contributed by atoms with E-state index in [-0.39, 0.29) is 0 Å². The van der Waals surface area contributed by atoms with Crippen LogP contribution in [0.4, 0.5) is 10.5 Å². The molecule has 1 saturated heterocycles. The molecule has 128 valence electrons. The molecule has 1 aromatic rings. The van der Waals surface area contributed by atoms with Crippen molar-refractivity contribution >= 4 is 11.8 Å². The van der Waals surface area contributed by atoms with Crippen molar-refractivity contribution < 1.29 is 14.3 Å². The van der Waals surface area contributed by atoms with Crippen LogP contribution in [0.2, 0.25) is 0 Å². The van der Waals surface area contributed by atoms with E-state index in [0.29, 0.717) is 17.4 Å². The lowest BCUT2D eigenvalue weighted by molar-refractivity contribution is 0.0635. The number of benzene rings is 1. The number of hydrogen-bond donors (Lipinski definition) is 2. The second-order valence-electron chi connectivity index (χ2n) is 7.06. The Bertz CT molecular complexity index is 532. The molecule has 0 bridgehead atoms. The molecule has 0 atom stereocenters. The van der Waals surface area contributed by atoms with Gasteiger partial charge in [0.15, 0.2) is 0 Å². The summed E-state index contributed by atoms with van der Waals surface area (Å²) in [6.07, 6.45) is 2.95. The van der Waals surface area contributed by atoms with Gasteiger partial charge in [0.25, 0.3) is 0 Å². The quantitative estimate of drug-likeness (QED) is 0.890. The second-order valence-corrected chi connectivity index (χ2v) is 7.06. The predicted molar refractivity (Wildman–Crippen MR) is 92.1 cm³/mol. The monoisotopic (exact) mass is 320 g/mol. The van der Waals surface area contributed by atoms with Crippen LogP contribution in [0, 0.1) is 5.92 Å². The van der Waals surface area contributed by atoms with Gasteiger partial charge in [0, 0.05) is 0 Å². The summed E-state index contributed by atoms with van der Waals surface area (Å²) in [6.45, 7) is 7.71. The molecule has 0 aromatic heterocycles. The van der Waals surface area contributed by atoms with Crippen LogP contribution in [0.3, 0.4) is 0 Å². The van der Waals surface area contributed by atoms with Crippen LogP contribution in [0.1, 0.15) is 39.2 Å². The van der Waals surface area contributed by atoms with E-state index in [1.807, 2.05) is 32.9 Å². The van der Waals surface area contributed by atoms with E-state index in [1.54, 1.807) is 7.11 Å². The Kier molecular flexibility index (Phi) is 5.88. The van der Waals surface area contributed by atoms with E-state index >= 15 is 0 Å². The van der Waals surface area contributed by atoms with E-state index in [0.717, 1.165) is 19.5 Å². The zero-order valence-electron chi connectivity index (χ0n) is 14.6. The number of carbonyl (C=O) groups excluding carboxylic acids is 1. The van der Waals surface area contributed by atoms with Gasteiger partial charge < -0.3 is 14.8 Å². The molecule has 1 fully saturated rings. The van der Waals surface area contributed by atoms with Crippen molar-refractivity contribution in [1.29, 1.82) is 0 Å². The third-order valence-corrected chi connectivity index (χ3v) is 3.88. The smallest absolute Gasteiger partial charge is 0.412 e. The van der Waals surface area contributed by atoms with Gasteiger partial charge in [0.2, 0.25) is 0 Å². The summed E-state index contributed by atoms with van der Waals surface area (Å²) in [7, 11) is 1.60. The first-order valence-electron chi connectivity index (χ1n) is 8.25. The van der Waals surface area contributed by atoms with Crippen LogP contribution in [0.25, 0.3) is 0 Å². The van der Waals surface area contributed by atoms with E-state index < -0.39 is 11.7 Å². The number of rotatable bonds is 4. The van der Waals surface area contributed by atoms with Crippen LogP contribution < -0.4 is 15.4 Å². The maximum Gasteiger partial charge on any atom is 0.412 e. The lowest BCUT2D eigenvalue weighted by Gasteiger charge is -2.23. The lowest BCUT2D eigenvalue weighted by atomic mass is 9.91. The van der Waals surface area contributed by atoms with Gasteiger partial charge in [-0.25, -0.2) is 4.79 Å². The number of hydrogen-bond acceptors (Lipinski definition) is 4. The van der Waals surface area contributed by atoms with Gasteiger partial charge in [-0.2, -0.15) is 0 Å². The van der Waals surface area contributed by atoms with Crippen LogP contribution in [0.15, 0.2) is 18.2 Å². The van der Waals surface area contributed by atoms with Crippen LogP contribution >= 0.6 is 0 Å². The van der Waals surface area contributed by atoms with E-state index in [9.17, 15) is 4.79 Å². The predicted octanol–water partition coefficient (Wildman–Crippen LogP) is 3.58. The number of methoxy groups -OCH3 is 1. The van der Waals surface area contributed by atoms with Crippen molar-refractivity contribution in [2.45, 2.75) is 45.6 Å². The van der Waals surface area contributed by atoms with Crippen LogP contribution in [0.5, 0.6) is 5.75 Å². The average molecular weight is 320 g/mol. The van der Waals surface area contributed by atoms with Gasteiger partial charge in [-0.1, -0.05) is 6.07 Å². The molecule has 5 heteroatoms. The topological polar surface area (TPSA) is 59.6 Å². The fourth-order valence-electron chi connectivity index (χ4n) is 2.81. The molecule has 1 aromatic carbocycles. The standard InChI is InChI=1S/C18H28N2O3/c1-18(2,3)23-17(21)20-15-12-14(5-6-16(15)22-4)11-13-7-9-19-10-8-13/h5-6,12-13,19H,7-11H2,1-4H3,(H,20,21). The van der Waals surface area contributed by atoms with Gasteiger partial charge in [-0.05, 0) is 76.7 Å². The van der Waals surface area contributed by atoms with E-state index in [1.165, 1.54) is 18.4 Å². The molecule has 0 radical (unpaired) electrons. The first-order chi connectivity index (χ1) is 10.9. The normalized spacial score (nSPS) is 16.0. The van der Waals surface area contributed by atoms with E-state index in [4.69, 9.17) is 9.47 Å². The molecule has 0 saturated carbocycles. The van der Waals surface area contributed by atoms with Gasteiger partial charge >= 0.3 is 6.09 Å². The minimum Gasteiger partial charge on any atom is -0.495 e. The van der Waals surface area contributed by atoms with Crippen molar-refractivity contribution in [1.82, 2.24) is 5.32 Å². The average Bonchev–Trinajstić information content (AvgIpc) is 2.46. The van der Waals surface area contributed by atoms with Crippen molar-refractivity contribution in [2.24, 2.45) is 5.92 Å². The van der Waals surface area contributed by atoms with Gasteiger partial charge in [0.05, 0.1) is 12.8 Å². The van der Waals surface area contributed by atoms with Crippen LogP contribution in [-0.4, -0.2) is 31.9 Å². The summed E-state index contributed by atoms with van der Waals surface area (Å²) in [6, 6.07) is 5.97. The summed E-state index contributed by atoms with van der Waals surface area (Å²) >= 11 is 0. The highest BCUT2D eigenvalue weighted by Crippen LogP contribution is 2.28. The molecule has 1 amide bonds. The minimum absolute atomic E-state index is 0.463. The molecule has 2 N–H and O–H groups in total. The fraction of sp³-hybridized carbons (Fsp3) is 0.611. The highest BCUT2D eigenvalue weighted by molar-refractivity contribution is 5.87. The highest BCUT2D eigenvalue weighted by Gasteiger charge is 2.19. The Morgan fingerprint density at radius 1 is 1.30 bits per heavy atom. The Balaban J connectivity index is 2.07. The second kappa shape index (κ2) is 7.68. The Morgan fingerprint density at radius 2 is 2.00 bits per heavy atom. The zero-order chi connectivity index (χ0) is 16.9. The summed E-state index contributed by atoms with van der Waals surface area (Å²) in [4.78, 5) is 12.0. The zero-order valence-corrected chi connectivity index (χ0v) is 14.6. The van der Waals surface area contributed by atoms with Crippen molar-refractivity contribution in [2.75, 3.05) is 25.5 Å². The van der Waals surface area contributed by atoms with Gasteiger partial charge in [-0.3, -0.25) is 5.32 Å². The molecule has 0 unspecified atom stereocenters.